The second-order valence-electron chi connectivity index (χ2n) is 7.42. The predicted octanol–water partition coefficient (Wildman–Crippen LogP) is 3.93. The molecule has 3 rings (SSSR count). The number of rotatable bonds is 6. The molecule has 1 aliphatic rings. The summed E-state index contributed by atoms with van der Waals surface area (Å²) in [5, 5.41) is 21.8. The number of methoxy groups -OCH3 is 1. The van der Waals surface area contributed by atoms with E-state index in [9.17, 15) is 14.6 Å². The van der Waals surface area contributed by atoms with Crippen LogP contribution in [0.2, 0.25) is 10.0 Å². The zero-order chi connectivity index (χ0) is 20.3. The summed E-state index contributed by atoms with van der Waals surface area (Å²) in [6, 6.07) is 9.63. The van der Waals surface area contributed by atoms with Crippen LogP contribution in [0.1, 0.15) is 17.5 Å². The monoisotopic (exact) mass is 427 g/mol. The van der Waals surface area contributed by atoms with Crippen molar-refractivity contribution < 1.29 is 19.3 Å². The third-order valence-corrected chi connectivity index (χ3v) is 5.93. The van der Waals surface area contributed by atoms with E-state index in [1.807, 2.05) is 6.07 Å². The van der Waals surface area contributed by atoms with Crippen molar-refractivity contribution in [3.8, 4) is 5.75 Å². The van der Waals surface area contributed by atoms with Crippen molar-refractivity contribution >= 4 is 23.2 Å². The van der Waals surface area contributed by atoms with Gasteiger partial charge in [0.05, 0.1) is 24.8 Å². The Morgan fingerprint density at radius 2 is 1.96 bits per heavy atom. The summed E-state index contributed by atoms with van der Waals surface area (Å²) in [7, 11) is 1.56. The topological polar surface area (TPSA) is 52.9 Å². The largest absolute Gasteiger partial charge is 0.495 e. The maximum atomic E-state index is 13.2. The lowest BCUT2D eigenvalue weighted by molar-refractivity contribution is -0.0769. The molecule has 0 aliphatic carbocycles. The van der Waals surface area contributed by atoms with Crippen LogP contribution in [0.4, 0.5) is 4.39 Å². The molecule has 7 heteroatoms. The van der Waals surface area contributed by atoms with Crippen molar-refractivity contribution in [1.82, 2.24) is 4.90 Å². The minimum absolute atomic E-state index is 0.171. The van der Waals surface area contributed by atoms with Crippen LogP contribution < -0.4 is 4.74 Å². The third-order valence-electron chi connectivity index (χ3n) is 5.43. The number of halogens is 3. The van der Waals surface area contributed by atoms with Gasteiger partial charge in [-0.2, -0.15) is 0 Å². The number of ether oxygens (including phenoxy) is 1. The van der Waals surface area contributed by atoms with E-state index in [4.69, 9.17) is 27.9 Å². The van der Waals surface area contributed by atoms with Crippen LogP contribution in [0.3, 0.4) is 0 Å². The maximum Gasteiger partial charge on any atom is 0.142 e. The number of nitrogens with zero attached hydrogens (tertiary/aromatic N) is 1. The fourth-order valence-electron chi connectivity index (χ4n) is 3.97. The smallest absolute Gasteiger partial charge is 0.142 e. The fourth-order valence-corrected chi connectivity index (χ4v) is 4.58. The molecule has 0 unspecified atom stereocenters. The molecule has 0 spiro atoms. The molecule has 1 saturated heterocycles. The standard InChI is InChI=1S/C21H24Cl2FNO3/c1-28-20-15(8-16(22)9-18(20)23)11-25-7-6-19(27)21(12-25,13-26)10-14-2-4-17(24)5-3-14/h2-5,8-9,19,26-27H,6-7,10-13H2,1H3/t19-,21-/m0/s1. The Hall–Kier alpha value is -1.37. The highest BCUT2D eigenvalue weighted by molar-refractivity contribution is 6.35. The lowest BCUT2D eigenvalue weighted by Gasteiger charge is -2.45. The molecule has 4 nitrogen and oxygen atoms in total. The van der Waals surface area contributed by atoms with Crippen molar-refractivity contribution in [2.75, 3.05) is 26.8 Å². The van der Waals surface area contributed by atoms with Crippen LogP contribution in [0.25, 0.3) is 0 Å². The normalized spacial score (nSPS) is 23.0. The average Bonchev–Trinajstić information content (AvgIpc) is 2.66. The lowest BCUT2D eigenvalue weighted by Crippen LogP contribution is -2.54. The summed E-state index contributed by atoms with van der Waals surface area (Å²) in [6.45, 7) is 1.51. The quantitative estimate of drug-likeness (QED) is 0.732. The molecule has 1 fully saturated rings. The summed E-state index contributed by atoms with van der Waals surface area (Å²) >= 11 is 12.4. The van der Waals surface area contributed by atoms with Gasteiger partial charge in [0.25, 0.3) is 0 Å². The zero-order valence-corrected chi connectivity index (χ0v) is 17.2. The summed E-state index contributed by atoms with van der Waals surface area (Å²) in [6.07, 6.45) is 0.330. The van der Waals surface area contributed by atoms with Crippen LogP contribution in [-0.4, -0.2) is 48.0 Å². The van der Waals surface area contributed by atoms with Gasteiger partial charge in [-0.15, -0.1) is 0 Å². The predicted molar refractivity (Wildman–Crippen MR) is 109 cm³/mol. The highest BCUT2D eigenvalue weighted by Gasteiger charge is 2.42. The van der Waals surface area contributed by atoms with Gasteiger partial charge in [-0.3, -0.25) is 4.90 Å². The Balaban J connectivity index is 1.82. The van der Waals surface area contributed by atoms with Gasteiger partial charge in [-0.25, -0.2) is 4.39 Å². The minimum atomic E-state index is -0.730. The van der Waals surface area contributed by atoms with Gasteiger partial charge < -0.3 is 14.9 Å². The molecule has 0 saturated carbocycles. The van der Waals surface area contributed by atoms with Gasteiger partial charge in [0, 0.05) is 35.6 Å². The number of hydrogen-bond acceptors (Lipinski definition) is 4. The molecule has 0 aromatic heterocycles. The number of benzene rings is 2. The average molecular weight is 428 g/mol. The van der Waals surface area contributed by atoms with Crippen molar-refractivity contribution in [3.05, 3.63) is 63.4 Å². The van der Waals surface area contributed by atoms with E-state index in [-0.39, 0.29) is 12.4 Å². The van der Waals surface area contributed by atoms with Gasteiger partial charge >= 0.3 is 0 Å². The molecule has 28 heavy (non-hydrogen) atoms. The Labute approximate surface area is 174 Å². The summed E-state index contributed by atoms with van der Waals surface area (Å²) < 4.78 is 18.6. The molecule has 0 bridgehead atoms. The Morgan fingerprint density at radius 1 is 1.25 bits per heavy atom. The first-order valence-corrected chi connectivity index (χ1v) is 9.90. The number of piperidine rings is 1. The van der Waals surface area contributed by atoms with E-state index < -0.39 is 11.5 Å². The molecule has 0 amide bonds. The first kappa shape index (κ1) is 21.3. The van der Waals surface area contributed by atoms with Crippen molar-refractivity contribution in [2.24, 2.45) is 5.41 Å². The molecule has 1 aliphatic heterocycles. The minimum Gasteiger partial charge on any atom is -0.495 e. The van der Waals surface area contributed by atoms with Gasteiger partial charge in [-0.05, 0) is 42.7 Å². The van der Waals surface area contributed by atoms with Crippen molar-refractivity contribution in [1.29, 1.82) is 0 Å². The summed E-state index contributed by atoms with van der Waals surface area (Å²) in [5.41, 5.74) is 0.996. The van der Waals surface area contributed by atoms with Gasteiger partial charge in [0.15, 0.2) is 0 Å². The fraction of sp³-hybridized carbons (Fsp3) is 0.429. The molecule has 2 aromatic carbocycles. The summed E-state index contributed by atoms with van der Waals surface area (Å²) in [4.78, 5) is 2.15. The van der Waals surface area contributed by atoms with Gasteiger partial charge in [0.2, 0.25) is 0 Å². The van der Waals surface area contributed by atoms with Crippen LogP contribution >= 0.6 is 23.2 Å². The first-order chi connectivity index (χ1) is 13.4. The molecule has 1 heterocycles. The lowest BCUT2D eigenvalue weighted by atomic mass is 9.73. The maximum absolute atomic E-state index is 13.2. The van der Waals surface area contributed by atoms with Crippen LogP contribution in [0.15, 0.2) is 36.4 Å². The Kier molecular flexibility index (Phi) is 6.84. The third kappa shape index (κ3) is 4.61. The molecule has 0 radical (unpaired) electrons. The summed E-state index contributed by atoms with van der Waals surface area (Å²) in [5.74, 6) is 0.267. The molecule has 152 valence electrons. The van der Waals surface area contributed by atoms with Gasteiger partial charge in [-0.1, -0.05) is 35.3 Å². The zero-order valence-electron chi connectivity index (χ0n) is 15.7. The molecular weight excluding hydrogens is 404 g/mol. The van der Waals surface area contributed by atoms with Crippen LogP contribution in [0, 0.1) is 11.2 Å². The van der Waals surface area contributed by atoms with Crippen molar-refractivity contribution in [2.45, 2.75) is 25.5 Å². The van der Waals surface area contributed by atoms with E-state index >= 15 is 0 Å². The van der Waals surface area contributed by atoms with Crippen molar-refractivity contribution in [3.63, 3.8) is 0 Å². The Morgan fingerprint density at radius 3 is 2.61 bits per heavy atom. The van der Waals surface area contributed by atoms with E-state index in [1.54, 1.807) is 25.3 Å². The van der Waals surface area contributed by atoms with Gasteiger partial charge in [0.1, 0.15) is 11.6 Å². The number of hydrogen-bond donors (Lipinski definition) is 2. The van der Waals surface area contributed by atoms with Crippen LogP contribution in [0.5, 0.6) is 5.75 Å². The SMILES string of the molecule is COc1c(Cl)cc(Cl)cc1CN1CC[C@H](O)[C@@](CO)(Cc2ccc(F)cc2)C1. The highest BCUT2D eigenvalue weighted by Crippen LogP contribution is 2.37. The molecule has 2 atom stereocenters. The van der Waals surface area contributed by atoms with E-state index in [0.29, 0.717) is 48.3 Å². The van der Waals surface area contributed by atoms with Crippen LogP contribution in [-0.2, 0) is 13.0 Å². The number of aliphatic hydroxyl groups excluding tert-OH is 2. The number of aliphatic hydroxyl groups is 2. The highest BCUT2D eigenvalue weighted by atomic mass is 35.5. The van der Waals surface area contributed by atoms with E-state index in [0.717, 1.165) is 11.1 Å². The molecule has 2 aromatic rings. The van der Waals surface area contributed by atoms with E-state index in [1.165, 1.54) is 12.1 Å². The molecular formula is C21H24Cl2FNO3. The first-order valence-electron chi connectivity index (χ1n) is 9.14. The molecule has 2 N–H and O–H groups in total. The van der Waals surface area contributed by atoms with E-state index in [2.05, 4.69) is 4.90 Å². The second kappa shape index (κ2) is 8.97. The second-order valence-corrected chi connectivity index (χ2v) is 8.26. The number of likely N-dealkylation sites (tertiary alicyclic amines) is 1. The Bertz CT molecular complexity index is 818.